The Morgan fingerprint density at radius 3 is 2.72 bits per heavy atom. The third-order valence-corrected chi connectivity index (χ3v) is 6.03. The van der Waals surface area contributed by atoms with Gasteiger partial charge in [-0.1, -0.05) is 37.5 Å². The lowest BCUT2D eigenvalue weighted by Crippen LogP contribution is -2.35. The molecule has 6 heteroatoms. The van der Waals surface area contributed by atoms with E-state index in [-0.39, 0.29) is 5.91 Å². The van der Waals surface area contributed by atoms with Gasteiger partial charge in [0, 0.05) is 31.5 Å². The summed E-state index contributed by atoms with van der Waals surface area (Å²) in [5.41, 5.74) is 2.17. The van der Waals surface area contributed by atoms with E-state index < -0.39 is 0 Å². The molecule has 0 saturated heterocycles. The van der Waals surface area contributed by atoms with Gasteiger partial charge in [0.15, 0.2) is 5.76 Å². The number of rotatable bonds is 9. The second-order valence-electron chi connectivity index (χ2n) is 8.36. The molecule has 0 atom stereocenters. The highest BCUT2D eigenvalue weighted by molar-refractivity contribution is 5.91. The Morgan fingerprint density at radius 2 is 1.94 bits per heavy atom. The number of carbonyl (C=O) groups excluding carboxylic acids is 1. The Morgan fingerprint density at radius 1 is 1.09 bits per heavy atom. The van der Waals surface area contributed by atoms with Gasteiger partial charge >= 0.3 is 0 Å². The first-order valence-corrected chi connectivity index (χ1v) is 11.3. The van der Waals surface area contributed by atoms with Crippen molar-refractivity contribution in [2.45, 2.75) is 57.8 Å². The molecule has 1 saturated carbocycles. The average Bonchev–Trinajstić information content (AvgIpc) is 3.32. The summed E-state index contributed by atoms with van der Waals surface area (Å²) in [6.45, 7) is 1.93. The van der Waals surface area contributed by atoms with Crippen LogP contribution in [0.2, 0.25) is 0 Å². The first-order valence-electron chi connectivity index (χ1n) is 11.3. The van der Waals surface area contributed by atoms with Crippen molar-refractivity contribution in [2.24, 2.45) is 0 Å². The fourth-order valence-corrected chi connectivity index (χ4v) is 4.32. The minimum atomic E-state index is -0.211. The normalized spacial score (nSPS) is 14.4. The van der Waals surface area contributed by atoms with E-state index in [4.69, 9.17) is 9.15 Å². The molecule has 32 heavy (non-hydrogen) atoms. The van der Waals surface area contributed by atoms with E-state index in [0.717, 1.165) is 23.6 Å². The van der Waals surface area contributed by atoms with E-state index in [9.17, 15) is 4.79 Å². The molecular weight excluding hydrogens is 402 g/mol. The van der Waals surface area contributed by atoms with Gasteiger partial charge in [-0.05, 0) is 54.3 Å². The highest BCUT2D eigenvalue weighted by Gasteiger charge is 2.23. The topological polar surface area (TPSA) is 67.6 Å². The number of hydrogen-bond donors (Lipinski definition) is 1. The van der Waals surface area contributed by atoms with Crippen molar-refractivity contribution in [1.82, 2.24) is 15.2 Å². The van der Waals surface area contributed by atoms with Crippen molar-refractivity contribution in [2.75, 3.05) is 7.11 Å². The zero-order valence-electron chi connectivity index (χ0n) is 18.6. The number of benzene rings is 1. The third kappa shape index (κ3) is 5.98. The average molecular weight is 434 g/mol. The maximum absolute atomic E-state index is 12.5. The number of hydrogen-bond acceptors (Lipinski definition) is 5. The maximum Gasteiger partial charge on any atom is 0.287 e. The number of nitrogens with one attached hydrogen (secondary N) is 1. The number of methoxy groups -OCH3 is 1. The lowest BCUT2D eigenvalue weighted by molar-refractivity contribution is 0.0913. The number of amides is 1. The van der Waals surface area contributed by atoms with Crippen molar-refractivity contribution in [3.63, 3.8) is 0 Å². The fourth-order valence-electron chi connectivity index (χ4n) is 4.32. The third-order valence-electron chi connectivity index (χ3n) is 6.03. The van der Waals surface area contributed by atoms with Crippen LogP contribution in [-0.4, -0.2) is 28.9 Å². The Hall–Kier alpha value is -3.12. The summed E-state index contributed by atoms with van der Waals surface area (Å²) in [6.07, 6.45) is 9.69. The van der Waals surface area contributed by atoms with Crippen LogP contribution < -0.4 is 10.1 Å². The Labute approximate surface area is 189 Å². The van der Waals surface area contributed by atoms with Crippen LogP contribution in [0.15, 0.2) is 65.3 Å². The van der Waals surface area contributed by atoms with Crippen LogP contribution in [0.4, 0.5) is 0 Å². The van der Waals surface area contributed by atoms with Gasteiger partial charge in [-0.3, -0.25) is 14.7 Å². The molecule has 3 aromatic rings. The quantitative estimate of drug-likeness (QED) is 0.517. The number of ether oxygens (including phenoxy) is 1. The Kier molecular flexibility index (Phi) is 7.56. The van der Waals surface area contributed by atoms with Crippen molar-refractivity contribution in [3.05, 3.63) is 83.6 Å². The minimum Gasteiger partial charge on any atom is -0.497 e. The second kappa shape index (κ2) is 11.0. The highest BCUT2D eigenvalue weighted by Crippen LogP contribution is 2.27. The van der Waals surface area contributed by atoms with Crippen LogP contribution in [0.25, 0.3) is 0 Å². The molecule has 0 unspecified atom stereocenters. The number of nitrogens with zero attached hydrogens (tertiary/aromatic N) is 2. The van der Waals surface area contributed by atoms with Crippen molar-refractivity contribution < 1.29 is 13.9 Å². The largest absolute Gasteiger partial charge is 0.497 e. The van der Waals surface area contributed by atoms with Crippen molar-refractivity contribution in [1.29, 1.82) is 0 Å². The molecule has 1 aliphatic carbocycles. The smallest absolute Gasteiger partial charge is 0.287 e. The molecule has 6 nitrogen and oxygen atoms in total. The molecule has 2 aromatic heterocycles. The summed E-state index contributed by atoms with van der Waals surface area (Å²) >= 11 is 0. The monoisotopic (exact) mass is 433 g/mol. The van der Waals surface area contributed by atoms with E-state index in [2.05, 4.69) is 27.3 Å². The number of aromatic nitrogens is 1. The zero-order valence-corrected chi connectivity index (χ0v) is 18.6. The molecule has 1 aromatic carbocycles. The lowest BCUT2D eigenvalue weighted by atomic mass is 9.93. The zero-order chi connectivity index (χ0) is 22.2. The lowest BCUT2D eigenvalue weighted by Gasteiger charge is -2.34. The summed E-state index contributed by atoms with van der Waals surface area (Å²) in [7, 11) is 1.70. The van der Waals surface area contributed by atoms with E-state index in [1.165, 1.54) is 37.7 Å². The maximum atomic E-state index is 12.5. The molecule has 0 aliphatic heterocycles. The predicted octanol–water partition coefficient (Wildman–Crippen LogP) is 4.95. The fraction of sp³-hybridized carbons (Fsp3) is 0.385. The first-order chi connectivity index (χ1) is 15.7. The van der Waals surface area contributed by atoms with Gasteiger partial charge in [0.1, 0.15) is 11.5 Å². The summed E-state index contributed by atoms with van der Waals surface area (Å²) in [6, 6.07) is 16.2. The van der Waals surface area contributed by atoms with Gasteiger partial charge in [-0.25, -0.2) is 0 Å². The second-order valence-corrected chi connectivity index (χ2v) is 8.36. The van der Waals surface area contributed by atoms with Gasteiger partial charge in [0.25, 0.3) is 5.91 Å². The number of furan rings is 1. The van der Waals surface area contributed by atoms with Gasteiger partial charge in [-0.15, -0.1) is 0 Å². The molecule has 0 bridgehead atoms. The standard InChI is InChI=1S/C26H31N3O3/c1-31-23-11-5-7-20(15-23)18-29(22-9-3-2-4-10-22)19-24-12-13-25(32-24)26(30)28-17-21-8-6-14-27-16-21/h5-8,11-16,22H,2-4,9-10,17-19H2,1H3,(H,28,30). The van der Waals surface area contributed by atoms with Gasteiger partial charge in [0.05, 0.1) is 13.7 Å². The van der Waals surface area contributed by atoms with Crippen LogP contribution in [0.3, 0.4) is 0 Å². The van der Waals surface area contributed by atoms with Crippen molar-refractivity contribution >= 4 is 5.91 Å². The summed E-state index contributed by atoms with van der Waals surface area (Å²) < 4.78 is 11.3. The molecule has 1 N–H and O–H groups in total. The number of pyridine rings is 1. The summed E-state index contributed by atoms with van der Waals surface area (Å²) in [5, 5.41) is 2.90. The first kappa shape index (κ1) is 22.1. The van der Waals surface area contributed by atoms with E-state index in [1.807, 2.05) is 30.3 Å². The van der Waals surface area contributed by atoms with Crippen molar-refractivity contribution in [3.8, 4) is 5.75 Å². The highest BCUT2D eigenvalue weighted by atomic mass is 16.5. The molecule has 1 amide bonds. The Balaban J connectivity index is 1.42. The SMILES string of the molecule is COc1cccc(CN(Cc2ccc(C(=O)NCc3cccnc3)o2)C2CCCCC2)c1. The van der Waals surface area contributed by atoms with Gasteiger partial charge in [0.2, 0.25) is 0 Å². The van der Waals surface area contributed by atoms with Crippen LogP contribution >= 0.6 is 0 Å². The molecule has 0 spiro atoms. The predicted molar refractivity (Wildman–Crippen MR) is 123 cm³/mol. The van der Waals surface area contributed by atoms with Crippen LogP contribution in [-0.2, 0) is 19.6 Å². The van der Waals surface area contributed by atoms with Crippen LogP contribution in [0, 0.1) is 0 Å². The summed E-state index contributed by atoms with van der Waals surface area (Å²) in [4.78, 5) is 19.1. The van der Waals surface area contributed by atoms with Crippen LogP contribution in [0.1, 0.15) is 59.5 Å². The van der Waals surface area contributed by atoms with E-state index in [1.54, 1.807) is 25.6 Å². The molecular formula is C26H31N3O3. The van der Waals surface area contributed by atoms with Crippen LogP contribution in [0.5, 0.6) is 5.75 Å². The molecule has 1 aliphatic rings. The minimum absolute atomic E-state index is 0.211. The molecule has 2 heterocycles. The van der Waals surface area contributed by atoms with E-state index >= 15 is 0 Å². The molecule has 0 radical (unpaired) electrons. The molecule has 1 fully saturated rings. The molecule has 168 valence electrons. The summed E-state index contributed by atoms with van der Waals surface area (Å²) in [5.74, 6) is 1.81. The molecule has 4 rings (SSSR count). The van der Waals surface area contributed by atoms with Gasteiger partial charge in [-0.2, -0.15) is 0 Å². The Bertz CT molecular complexity index is 996. The van der Waals surface area contributed by atoms with Gasteiger partial charge < -0.3 is 14.5 Å². The van der Waals surface area contributed by atoms with E-state index in [0.29, 0.717) is 24.9 Å². The number of carbonyl (C=O) groups is 1.